The molecule has 5 rings (SSSR count). The van der Waals surface area contributed by atoms with Gasteiger partial charge in [0.05, 0.1) is 21.0 Å². The van der Waals surface area contributed by atoms with Gasteiger partial charge in [0.15, 0.2) is 5.16 Å². The minimum Gasteiger partial charge on any atom is -0.339 e. The number of fused-ring (bicyclic) bond motifs is 1. The summed E-state index contributed by atoms with van der Waals surface area (Å²) in [5.41, 5.74) is 0.701. The lowest BCUT2D eigenvalue weighted by Gasteiger charge is -2.34. The predicted molar refractivity (Wildman–Crippen MR) is 126 cm³/mol. The third-order valence-corrected chi connectivity index (χ3v) is 7.90. The molecule has 0 bridgehead atoms. The first-order valence-electron chi connectivity index (χ1n) is 10.5. The number of hydrogen-bond donors (Lipinski definition) is 0. The summed E-state index contributed by atoms with van der Waals surface area (Å²) >= 11 is 9.02. The van der Waals surface area contributed by atoms with Crippen LogP contribution in [0.1, 0.15) is 23.8 Å². The second kappa shape index (κ2) is 8.94. The van der Waals surface area contributed by atoms with Crippen molar-refractivity contribution in [1.82, 2.24) is 19.4 Å². The Labute approximate surface area is 193 Å². The van der Waals surface area contributed by atoms with E-state index in [2.05, 4.69) is 11.0 Å². The van der Waals surface area contributed by atoms with E-state index in [9.17, 15) is 9.59 Å². The summed E-state index contributed by atoms with van der Waals surface area (Å²) in [5.74, 6) is 0.409. The maximum atomic E-state index is 13.0. The van der Waals surface area contributed by atoms with Gasteiger partial charge in [0.2, 0.25) is 5.91 Å². The number of carbonyl (C=O) groups excluding carboxylic acids is 1. The molecule has 2 aliphatic rings. The van der Waals surface area contributed by atoms with Crippen molar-refractivity contribution in [1.29, 1.82) is 0 Å². The van der Waals surface area contributed by atoms with Crippen molar-refractivity contribution < 1.29 is 4.79 Å². The monoisotopic (exact) mass is 474 g/mol. The summed E-state index contributed by atoms with van der Waals surface area (Å²) in [6.45, 7) is 4.03. The highest BCUT2D eigenvalue weighted by Crippen LogP contribution is 2.36. The molecule has 0 unspecified atom stereocenters. The summed E-state index contributed by atoms with van der Waals surface area (Å²) in [7, 11) is 0. The van der Waals surface area contributed by atoms with Gasteiger partial charge >= 0.3 is 0 Å². The van der Waals surface area contributed by atoms with Gasteiger partial charge in [-0.15, -0.1) is 11.3 Å². The van der Waals surface area contributed by atoms with E-state index in [0.29, 0.717) is 21.8 Å². The molecular weight excluding hydrogens is 452 g/mol. The highest BCUT2D eigenvalue weighted by Gasteiger charge is 2.29. The Bertz CT molecular complexity index is 1170. The van der Waals surface area contributed by atoms with Crippen molar-refractivity contribution in [3.63, 3.8) is 0 Å². The molecule has 2 aromatic heterocycles. The normalized spacial score (nSPS) is 17.4. The molecule has 0 N–H and O–H groups in total. The van der Waals surface area contributed by atoms with E-state index in [1.807, 2.05) is 35.2 Å². The largest absolute Gasteiger partial charge is 0.339 e. The zero-order valence-electron chi connectivity index (χ0n) is 17.0. The number of amides is 1. The topological polar surface area (TPSA) is 58.4 Å². The van der Waals surface area contributed by atoms with Crippen molar-refractivity contribution in [2.45, 2.75) is 30.6 Å². The first kappa shape index (κ1) is 21.0. The fourth-order valence-electron chi connectivity index (χ4n) is 3.91. The van der Waals surface area contributed by atoms with E-state index in [4.69, 9.17) is 16.6 Å². The highest BCUT2D eigenvalue weighted by atomic mass is 35.5. The quantitative estimate of drug-likeness (QED) is 0.401. The van der Waals surface area contributed by atoms with Gasteiger partial charge < -0.3 is 4.90 Å². The number of piperazine rings is 1. The van der Waals surface area contributed by atoms with E-state index < -0.39 is 0 Å². The Morgan fingerprint density at radius 3 is 2.61 bits per heavy atom. The number of thiophene rings is 1. The number of nitrogens with zero attached hydrogens (tertiary/aromatic N) is 4. The molecule has 1 amide bonds. The van der Waals surface area contributed by atoms with Crippen LogP contribution in [0.15, 0.2) is 46.3 Å². The first-order valence-corrected chi connectivity index (χ1v) is 12.6. The Hall–Kier alpha value is -1.87. The zero-order valence-corrected chi connectivity index (χ0v) is 19.4. The van der Waals surface area contributed by atoms with Crippen LogP contribution < -0.4 is 5.56 Å². The van der Waals surface area contributed by atoms with Gasteiger partial charge in [-0.05, 0) is 37.1 Å². The van der Waals surface area contributed by atoms with Gasteiger partial charge in [0.25, 0.3) is 5.56 Å². The molecule has 1 saturated carbocycles. The number of hydrogen-bond acceptors (Lipinski definition) is 6. The Morgan fingerprint density at radius 1 is 1.13 bits per heavy atom. The minimum atomic E-state index is 0.00495. The van der Waals surface area contributed by atoms with E-state index in [1.165, 1.54) is 16.6 Å². The van der Waals surface area contributed by atoms with E-state index in [1.54, 1.807) is 15.9 Å². The molecule has 9 heteroatoms. The fourth-order valence-corrected chi connectivity index (χ4v) is 6.01. The van der Waals surface area contributed by atoms with Crippen LogP contribution in [0.4, 0.5) is 0 Å². The number of carbonyl (C=O) groups is 1. The van der Waals surface area contributed by atoms with E-state index in [0.717, 1.165) is 49.9 Å². The van der Waals surface area contributed by atoms with Crippen molar-refractivity contribution >= 4 is 51.5 Å². The van der Waals surface area contributed by atoms with Crippen LogP contribution in [0.2, 0.25) is 4.34 Å². The summed E-state index contributed by atoms with van der Waals surface area (Å²) in [5, 5.41) is 1.31. The molecule has 0 radical (unpaired) electrons. The SMILES string of the molecule is O=C(CSc1nc2ccccc2c(=O)n1C1CC1)N1CCN(Cc2ccc(Cl)s2)CC1. The van der Waals surface area contributed by atoms with Crippen molar-refractivity contribution in [2.75, 3.05) is 31.9 Å². The Kier molecular flexibility index (Phi) is 6.05. The highest BCUT2D eigenvalue weighted by molar-refractivity contribution is 7.99. The lowest BCUT2D eigenvalue weighted by Crippen LogP contribution is -2.48. The Morgan fingerprint density at radius 2 is 1.90 bits per heavy atom. The lowest BCUT2D eigenvalue weighted by atomic mass is 10.2. The molecule has 6 nitrogen and oxygen atoms in total. The molecule has 1 aromatic carbocycles. The fraction of sp³-hybridized carbons (Fsp3) is 0.409. The van der Waals surface area contributed by atoms with E-state index >= 15 is 0 Å². The standard InChI is InChI=1S/C22H23ClN4O2S2/c23-19-8-7-16(31-19)13-25-9-11-26(12-10-25)20(28)14-30-22-24-18-4-2-1-3-17(18)21(29)27(22)15-5-6-15/h1-4,7-8,15H,5-6,9-14H2. The molecule has 1 saturated heterocycles. The molecule has 31 heavy (non-hydrogen) atoms. The van der Waals surface area contributed by atoms with Crippen LogP contribution in [0.25, 0.3) is 10.9 Å². The summed E-state index contributed by atoms with van der Waals surface area (Å²) in [4.78, 5) is 36.0. The van der Waals surface area contributed by atoms with Gasteiger partial charge in [-0.25, -0.2) is 4.98 Å². The van der Waals surface area contributed by atoms with Crippen molar-refractivity contribution in [2.24, 2.45) is 0 Å². The molecule has 0 spiro atoms. The third-order valence-electron chi connectivity index (χ3n) is 5.75. The zero-order chi connectivity index (χ0) is 21.4. The number of aromatic nitrogens is 2. The smallest absolute Gasteiger partial charge is 0.262 e. The molecule has 1 aliphatic heterocycles. The van der Waals surface area contributed by atoms with Gasteiger partial charge in [0, 0.05) is 43.6 Å². The molecule has 162 valence electrons. The maximum absolute atomic E-state index is 13.0. The summed E-state index contributed by atoms with van der Waals surface area (Å²) in [6, 6.07) is 11.7. The molecule has 3 aromatic rings. The van der Waals surface area contributed by atoms with Crippen LogP contribution in [-0.4, -0.2) is 57.2 Å². The van der Waals surface area contributed by atoms with Crippen molar-refractivity contribution in [3.8, 4) is 0 Å². The van der Waals surface area contributed by atoms with Crippen LogP contribution in [0.5, 0.6) is 0 Å². The third kappa shape index (κ3) is 4.67. The summed E-state index contributed by atoms with van der Waals surface area (Å²) < 4.78 is 2.61. The van der Waals surface area contributed by atoms with Crippen LogP contribution >= 0.6 is 34.7 Å². The number of benzene rings is 1. The van der Waals surface area contributed by atoms with Crippen LogP contribution in [0, 0.1) is 0 Å². The average Bonchev–Trinajstić information content (AvgIpc) is 3.53. The summed E-state index contributed by atoms with van der Waals surface area (Å²) in [6.07, 6.45) is 2.00. The van der Waals surface area contributed by atoms with Crippen LogP contribution in [0.3, 0.4) is 0 Å². The maximum Gasteiger partial charge on any atom is 0.262 e. The number of halogens is 1. The molecule has 0 atom stereocenters. The number of rotatable bonds is 6. The number of thioether (sulfide) groups is 1. The van der Waals surface area contributed by atoms with Crippen LogP contribution in [-0.2, 0) is 11.3 Å². The van der Waals surface area contributed by atoms with Gasteiger partial charge in [-0.2, -0.15) is 0 Å². The minimum absolute atomic E-state index is 0.00495. The number of para-hydroxylation sites is 1. The second-order valence-corrected chi connectivity index (χ2v) is 10.7. The molecule has 2 fully saturated rings. The van der Waals surface area contributed by atoms with Gasteiger partial charge in [0.1, 0.15) is 0 Å². The van der Waals surface area contributed by atoms with Crippen molar-refractivity contribution in [3.05, 3.63) is 56.0 Å². The second-order valence-electron chi connectivity index (χ2n) is 7.97. The molecule has 3 heterocycles. The first-order chi connectivity index (χ1) is 15.1. The van der Waals surface area contributed by atoms with E-state index in [-0.39, 0.29) is 17.5 Å². The van der Waals surface area contributed by atoms with Gasteiger partial charge in [-0.3, -0.25) is 19.1 Å². The molecule has 1 aliphatic carbocycles. The lowest BCUT2D eigenvalue weighted by molar-refractivity contribution is -0.130. The van der Waals surface area contributed by atoms with Gasteiger partial charge in [-0.1, -0.05) is 35.5 Å². The average molecular weight is 475 g/mol. The Balaban J connectivity index is 1.22. The molecular formula is C22H23ClN4O2S2. The predicted octanol–water partition coefficient (Wildman–Crippen LogP) is 3.88.